The quantitative estimate of drug-likeness (QED) is 0.650. The molecule has 1 heterocycles. The molecule has 0 amide bonds. The van der Waals surface area contributed by atoms with Gasteiger partial charge in [0, 0.05) is 22.7 Å². The molecule has 0 radical (unpaired) electrons. The number of allylic oxidation sites excluding steroid dienone is 2. The Morgan fingerprint density at radius 1 is 1.00 bits per heavy atom. The molecule has 0 saturated heterocycles. The highest BCUT2D eigenvalue weighted by Crippen LogP contribution is 2.30. The van der Waals surface area contributed by atoms with Crippen LogP contribution in [0.5, 0.6) is 0 Å². The first-order valence-corrected chi connectivity index (χ1v) is 7.54. The van der Waals surface area contributed by atoms with Crippen LogP contribution in [0.4, 0.5) is 4.39 Å². The molecule has 0 unspecified atom stereocenters. The molecular weight excluding hydrogens is 320 g/mol. The van der Waals surface area contributed by atoms with Gasteiger partial charge in [0.2, 0.25) is 0 Å². The lowest BCUT2D eigenvalue weighted by atomic mass is 10.1. The van der Waals surface area contributed by atoms with Crippen LogP contribution < -0.4 is 0 Å². The monoisotopic (exact) mass is 331 g/mol. The predicted octanol–water partition coefficient (Wildman–Crippen LogP) is 6.03. The van der Waals surface area contributed by atoms with Gasteiger partial charge in [-0.1, -0.05) is 47.5 Å². The third kappa shape index (κ3) is 3.46. The first kappa shape index (κ1) is 15.0. The summed E-state index contributed by atoms with van der Waals surface area (Å²) in [7, 11) is 0. The fourth-order valence-corrected chi connectivity index (χ4v) is 2.69. The van der Waals surface area contributed by atoms with E-state index in [4.69, 9.17) is 23.2 Å². The smallest absolute Gasteiger partial charge is 0.123 e. The molecule has 22 heavy (non-hydrogen) atoms. The van der Waals surface area contributed by atoms with Crippen LogP contribution in [0.15, 0.2) is 59.6 Å². The van der Waals surface area contributed by atoms with Gasteiger partial charge < -0.3 is 0 Å². The van der Waals surface area contributed by atoms with Gasteiger partial charge in [0.15, 0.2) is 0 Å². The van der Waals surface area contributed by atoms with Crippen LogP contribution in [0.3, 0.4) is 0 Å². The topological polar surface area (TPSA) is 12.4 Å². The van der Waals surface area contributed by atoms with Crippen molar-refractivity contribution >= 4 is 40.7 Å². The maximum absolute atomic E-state index is 12.9. The van der Waals surface area contributed by atoms with Crippen LogP contribution in [-0.4, -0.2) is 5.71 Å². The van der Waals surface area contributed by atoms with Crippen LogP contribution in [0.1, 0.15) is 17.5 Å². The summed E-state index contributed by atoms with van der Waals surface area (Å²) in [6.07, 6.45) is 6.62. The second kappa shape index (κ2) is 6.47. The van der Waals surface area contributed by atoms with Crippen LogP contribution in [0.25, 0.3) is 11.8 Å². The zero-order valence-corrected chi connectivity index (χ0v) is 13.1. The van der Waals surface area contributed by atoms with E-state index in [1.54, 1.807) is 24.3 Å². The molecule has 1 nitrogen and oxygen atoms in total. The second-order valence-electron chi connectivity index (χ2n) is 4.91. The zero-order valence-electron chi connectivity index (χ0n) is 11.6. The Morgan fingerprint density at radius 2 is 1.77 bits per heavy atom. The molecule has 2 aromatic carbocycles. The summed E-state index contributed by atoms with van der Waals surface area (Å²) in [5, 5.41) is 1.19. The minimum atomic E-state index is -0.239. The largest absolute Gasteiger partial charge is 0.253 e. The number of nitrogens with zero attached hydrogens (tertiary/aromatic N) is 1. The van der Waals surface area contributed by atoms with E-state index in [-0.39, 0.29) is 5.82 Å². The molecule has 0 atom stereocenters. The summed E-state index contributed by atoms with van der Waals surface area (Å²) in [4.78, 5) is 4.57. The Bertz CT molecular complexity index is 789. The van der Waals surface area contributed by atoms with Gasteiger partial charge >= 0.3 is 0 Å². The van der Waals surface area contributed by atoms with E-state index in [1.165, 1.54) is 12.1 Å². The van der Waals surface area contributed by atoms with Crippen molar-refractivity contribution in [2.24, 2.45) is 4.99 Å². The summed E-state index contributed by atoms with van der Waals surface area (Å²) in [6, 6.07) is 11.7. The number of hydrogen-bond acceptors (Lipinski definition) is 1. The van der Waals surface area contributed by atoms with Crippen molar-refractivity contribution in [1.29, 1.82) is 0 Å². The van der Waals surface area contributed by atoms with Crippen molar-refractivity contribution in [3.8, 4) is 0 Å². The van der Waals surface area contributed by atoms with E-state index in [9.17, 15) is 4.39 Å². The summed E-state index contributed by atoms with van der Waals surface area (Å²) < 4.78 is 12.9. The minimum Gasteiger partial charge on any atom is -0.253 e. The molecule has 0 aliphatic carbocycles. The maximum atomic E-state index is 12.9. The van der Waals surface area contributed by atoms with Gasteiger partial charge in [0.05, 0.1) is 10.7 Å². The van der Waals surface area contributed by atoms with Gasteiger partial charge in [-0.15, -0.1) is 0 Å². The summed E-state index contributed by atoms with van der Waals surface area (Å²) in [6.45, 7) is 0. The van der Waals surface area contributed by atoms with Crippen molar-refractivity contribution < 1.29 is 4.39 Å². The molecule has 110 valence electrons. The van der Waals surface area contributed by atoms with E-state index in [2.05, 4.69) is 4.99 Å². The highest BCUT2D eigenvalue weighted by molar-refractivity contribution is 6.35. The van der Waals surface area contributed by atoms with Crippen molar-refractivity contribution in [1.82, 2.24) is 0 Å². The molecule has 0 N–H and O–H groups in total. The SMILES string of the molecule is Fc1ccc(/C=C/C2=NC(c3ccc(Cl)cc3Cl)=CC2)cc1. The van der Waals surface area contributed by atoms with Gasteiger partial charge in [0.25, 0.3) is 0 Å². The van der Waals surface area contributed by atoms with Gasteiger partial charge in [-0.05, 0) is 42.0 Å². The van der Waals surface area contributed by atoms with Crippen LogP contribution in [-0.2, 0) is 0 Å². The Labute approximate surface area is 138 Å². The van der Waals surface area contributed by atoms with Crippen molar-refractivity contribution in [3.05, 3.63) is 81.6 Å². The van der Waals surface area contributed by atoms with E-state index < -0.39 is 0 Å². The first-order valence-electron chi connectivity index (χ1n) is 6.78. The van der Waals surface area contributed by atoms with E-state index in [0.29, 0.717) is 10.0 Å². The van der Waals surface area contributed by atoms with Crippen LogP contribution >= 0.6 is 23.2 Å². The molecule has 1 aliphatic heterocycles. The average Bonchev–Trinajstić information content (AvgIpc) is 2.95. The third-order valence-corrected chi connectivity index (χ3v) is 3.86. The van der Waals surface area contributed by atoms with Crippen molar-refractivity contribution in [3.63, 3.8) is 0 Å². The number of hydrogen-bond donors (Lipinski definition) is 0. The third-order valence-electron chi connectivity index (χ3n) is 3.31. The number of halogens is 3. The number of benzene rings is 2. The van der Waals surface area contributed by atoms with Crippen molar-refractivity contribution in [2.75, 3.05) is 0 Å². The maximum Gasteiger partial charge on any atom is 0.123 e. The predicted molar refractivity (Wildman–Crippen MR) is 91.9 cm³/mol. The Kier molecular flexibility index (Phi) is 4.41. The zero-order chi connectivity index (χ0) is 15.5. The van der Waals surface area contributed by atoms with Crippen molar-refractivity contribution in [2.45, 2.75) is 6.42 Å². The van der Waals surface area contributed by atoms with E-state index in [1.807, 2.05) is 24.3 Å². The lowest BCUT2D eigenvalue weighted by Crippen LogP contribution is -1.86. The summed E-state index contributed by atoms with van der Waals surface area (Å²) >= 11 is 12.1. The van der Waals surface area contributed by atoms with Crippen LogP contribution in [0, 0.1) is 5.82 Å². The second-order valence-corrected chi connectivity index (χ2v) is 5.75. The molecular formula is C18H12Cl2FN. The summed E-state index contributed by atoms with van der Waals surface area (Å²) in [5.41, 5.74) is 3.59. The fraction of sp³-hybridized carbons (Fsp3) is 0.0556. The molecule has 0 fully saturated rings. The Balaban J connectivity index is 1.77. The summed E-state index contributed by atoms with van der Waals surface area (Å²) in [5.74, 6) is -0.239. The van der Waals surface area contributed by atoms with Gasteiger partial charge in [0.1, 0.15) is 5.82 Å². The van der Waals surface area contributed by atoms with Gasteiger partial charge in [-0.3, -0.25) is 4.99 Å². The highest BCUT2D eigenvalue weighted by atomic mass is 35.5. The lowest BCUT2D eigenvalue weighted by Gasteiger charge is -2.02. The van der Waals surface area contributed by atoms with E-state index >= 15 is 0 Å². The highest BCUT2D eigenvalue weighted by Gasteiger charge is 2.11. The molecule has 0 saturated carbocycles. The van der Waals surface area contributed by atoms with Gasteiger partial charge in [-0.2, -0.15) is 0 Å². The molecule has 0 bridgehead atoms. The normalized spacial score (nSPS) is 14.3. The first-order chi connectivity index (χ1) is 10.6. The fourth-order valence-electron chi connectivity index (χ4n) is 2.19. The molecule has 0 aromatic heterocycles. The Morgan fingerprint density at radius 3 is 2.50 bits per heavy atom. The Hall–Kier alpha value is -1.90. The molecule has 1 aliphatic rings. The molecule has 4 heteroatoms. The number of aliphatic imine (C=N–C) groups is 1. The average molecular weight is 332 g/mol. The molecule has 2 aromatic rings. The molecule has 3 rings (SSSR count). The standard InChI is InChI=1S/C18H12Cl2FN/c19-13-4-9-16(17(20)11-13)18-10-8-15(22-18)7-3-12-1-5-14(21)6-2-12/h1-7,9-11H,8H2/b7-3+. The van der Waals surface area contributed by atoms with Gasteiger partial charge in [-0.25, -0.2) is 4.39 Å². The van der Waals surface area contributed by atoms with E-state index in [0.717, 1.165) is 29.0 Å². The lowest BCUT2D eigenvalue weighted by molar-refractivity contribution is 0.628. The van der Waals surface area contributed by atoms with Crippen LogP contribution in [0.2, 0.25) is 10.0 Å². The minimum absolute atomic E-state index is 0.239. The molecule has 0 spiro atoms. The number of rotatable bonds is 3.